The summed E-state index contributed by atoms with van der Waals surface area (Å²) >= 11 is 4.82. The van der Waals surface area contributed by atoms with E-state index >= 15 is 0 Å². The van der Waals surface area contributed by atoms with Gasteiger partial charge in [-0.1, -0.05) is 15.9 Å². The molecular formula is C13H12BrN3O2S2. The van der Waals surface area contributed by atoms with Crippen molar-refractivity contribution in [1.82, 2.24) is 14.1 Å². The van der Waals surface area contributed by atoms with Crippen LogP contribution in [0.3, 0.4) is 0 Å². The van der Waals surface area contributed by atoms with Crippen molar-refractivity contribution in [3.63, 3.8) is 0 Å². The summed E-state index contributed by atoms with van der Waals surface area (Å²) in [6.45, 7) is 2.16. The van der Waals surface area contributed by atoms with E-state index in [1.54, 1.807) is 24.3 Å². The van der Waals surface area contributed by atoms with Crippen LogP contribution in [0.1, 0.15) is 11.4 Å². The maximum atomic E-state index is 12.2. The lowest BCUT2D eigenvalue weighted by Crippen LogP contribution is -2.23. The Kier molecular flexibility index (Phi) is 3.87. The highest BCUT2D eigenvalue weighted by Gasteiger charge is 2.14. The van der Waals surface area contributed by atoms with Crippen molar-refractivity contribution in [2.24, 2.45) is 0 Å². The predicted octanol–water partition coefficient (Wildman–Crippen LogP) is 2.95. The van der Waals surface area contributed by atoms with Crippen LogP contribution in [0.25, 0.3) is 4.96 Å². The van der Waals surface area contributed by atoms with Crippen LogP contribution in [0.4, 0.5) is 0 Å². The summed E-state index contributed by atoms with van der Waals surface area (Å²) in [4.78, 5) is 5.50. The maximum Gasteiger partial charge on any atom is 0.240 e. The van der Waals surface area contributed by atoms with Crippen molar-refractivity contribution in [3.05, 3.63) is 51.7 Å². The molecule has 2 heterocycles. The summed E-state index contributed by atoms with van der Waals surface area (Å²) in [5, 5.41) is 2.01. The van der Waals surface area contributed by atoms with Gasteiger partial charge in [-0.15, -0.1) is 11.3 Å². The molecule has 0 atom stereocenters. The van der Waals surface area contributed by atoms with E-state index in [0.717, 1.165) is 15.1 Å². The fourth-order valence-corrected chi connectivity index (χ4v) is 4.02. The van der Waals surface area contributed by atoms with Crippen LogP contribution < -0.4 is 4.72 Å². The maximum absolute atomic E-state index is 12.2. The zero-order valence-electron chi connectivity index (χ0n) is 11.1. The number of fused-ring (bicyclic) bond motifs is 1. The van der Waals surface area contributed by atoms with Crippen LogP contribution >= 0.6 is 27.3 Å². The SMILES string of the molecule is Cc1csc2nc(CNS(=O)(=O)c3ccc(Br)cc3)cn12. The Morgan fingerprint density at radius 3 is 2.71 bits per heavy atom. The zero-order chi connectivity index (χ0) is 15.0. The van der Waals surface area contributed by atoms with Gasteiger partial charge in [-0.2, -0.15) is 0 Å². The quantitative estimate of drug-likeness (QED) is 0.750. The van der Waals surface area contributed by atoms with Crippen LogP contribution in [-0.2, 0) is 16.6 Å². The van der Waals surface area contributed by atoms with Gasteiger partial charge in [0, 0.05) is 21.7 Å². The van der Waals surface area contributed by atoms with Crippen LogP contribution in [-0.4, -0.2) is 17.8 Å². The van der Waals surface area contributed by atoms with Gasteiger partial charge < -0.3 is 0 Å². The number of aromatic nitrogens is 2. The van der Waals surface area contributed by atoms with Gasteiger partial charge in [-0.3, -0.25) is 4.40 Å². The standard InChI is InChI=1S/C13H12BrN3O2S2/c1-9-8-20-13-16-11(7-17(9)13)6-15-21(18,19)12-4-2-10(14)3-5-12/h2-5,7-8,15H,6H2,1H3. The van der Waals surface area contributed by atoms with Crippen LogP contribution in [0.5, 0.6) is 0 Å². The second kappa shape index (κ2) is 5.53. The van der Waals surface area contributed by atoms with Crippen LogP contribution in [0.2, 0.25) is 0 Å². The van der Waals surface area contributed by atoms with Crippen LogP contribution in [0, 0.1) is 6.92 Å². The van der Waals surface area contributed by atoms with E-state index in [0.29, 0.717) is 5.69 Å². The first-order chi connectivity index (χ1) is 9.95. The van der Waals surface area contributed by atoms with Crippen molar-refractivity contribution in [2.75, 3.05) is 0 Å². The van der Waals surface area contributed by atoms with Crippen molar-refractivity contribution in [3.8, 4) is 0 Å². The summed E-state index contributed by atoms with van der Waals surface area (Å²) in [5.41, 5.74) is 1.79. The molecule has 21 heavy (non-hydrogen) atoms. The summed E-state index contributed by atoms with van der Waals surface area (Å²) in [6.07, 6.45) is 1.85. The molecule has 0 spiro atoms. The first-order valence-corrected chi connectivity index (χ1v) is 9.28. The van der Waals surface area contributed by atoms with Crippen molar-refractivity contribution < 1.29 is 8.42 Å². The van der Waals surface area contributed by atoms with Crippen molar-refractivity contribution in [2.45, 2.75) is 18.4 Å². The summed E-state index contributed by atoms with van der Waals surface area (Å²) in [5.74, 6) is 0. The van der Waals surface area contributed by atoms with E-state index < -0.39 is 10.0 Å². The normalized spacial score (nSPS) is 12.1. The Morgan fingerprint density at radius 1 is 1.33 bits per heavy atom. The summed E-state index contributed by atoms with van der Waals surface area (Å²) in [6, 6.07) is 6.51. The third kappa shape index (κ3) is 3.03. The van der Waals surface area contributed by atoms with Crippen LogP contribution in [0.15, 0.2) is 45.2 Å². The van der Waals surface area contributed by atoms with Gasteiger partial charge in [-0.05, 0) is 31.2 Å². The molecule has 3 aromatic rings. The Hall–Kier alpha value is -1.22. The fraction of sp³-hybridized carbons (Fsp3) is 0.154. The number of sulfonamides is 1. The van der Waals surface area contributed by atoms with Gasteiger partial charge in [0.2, 0.25) is 10.0 Å². The monoisotopic (exact) mass is 385 g/mol. The largest absolute Gasteiger partial charge is 0.295 e. The lowest BCUT2D eigenvalue weighted by Gasteiger charge is -2.05. The molecule has 0 amide bonds. The van der Waals surface area contributed by atoms with E-state index in [4.69, 9.17) is 0 Å². The molecule has 5 nitrogen and oxygen atoms in total. The molecule has 110 valence electrons. The van der Waals surface area contributed by atoms with Gasteiger partial charge in [0.05, 0.1) is 17.1 Å². The first-order valence-electron chi connectivity index (χ1n) is 6.13. The minimum Gasteiger partial charge on any atom is -0.295 e. The number of halogens is 1. The molecule has 8 heteroatoms. The minimum absolute atomic E-state index is 0.173. The van der Waals surface area contributed by atoms with E-state index in [2.05, 4.69) is 25.6 Å². The summed E-state index contributed by atoms with van der Waals surface area (Å²) < 4.78 is 29.7. The van der Waals surface area contributed by atoms with Gasteiger partial charge in [0.15, 0.2) is 4.96 Å². The lowest BCUT2D eigenvalue weighted by atomic mass is 10.4. The number of hydrogen-bond acceptors (Lipinski definition) is 4. The number of nitrogens with zero attached hydrogens (tertiary/aromatic N) is 2. The van der Waals surface area contributed by atoms with Gasteiger partial charge in [0.1, 0.15) is 0 Å². The second-order valence-corrected chi connectivity index (χ2v) is 8.06. The third-order valence-electron chi connectivity index (χ3n) is 3.01. The number of imidazole rings is 1. The van der Waals surface area contributed by atoms with E-state index in [-0.39, 0.29) is 11.4 Å². The molecule has 0 saturated heterocycles. The first kappa shape index (κ1) is 14.7. The molecule has 2 aromatic heterocycles. The third-order valence-corrected chi connectivity index (χ3v) is 5.91. The van der Waals surface area contributed by atoms with Crippen molar-refractivity contribution >= 4 is 42.3 Å². The number of nitrogens with one attached hydrogen (secondary N) is 1. The highest BCUT2D eigenvalue weighted by Crippen LogP contribution is 2.17. The molecule has 0 aliphatic carbocycles. The highest BCUT2D eigenvalue weighted by atomic mass is 79.9. The Morgan fingerprint density at radius 2 is 2.05 bits per heavy atom. The minimum atomic E-state index is -3.52. The summed E-state index contributed by atoms with van der Waals surface area (Å²) in [7, 11) is -3.52. The number of thiazole rings is 1. The topological polar surface area (TPSA) is 63.5 Å². The van der Waals surface area contributed by atoms with E-state index in [1.165, 1.54) is 11.3 Å². The number of hydrogen-bond donors (Lipinski definition) is 1. The zero-order valence-corrected chi connectivity index (χ0v) is 14.3. The highest BCUT2D eigenvalue weighted by molar-refractivity contribution is 9.10. The van der Waals surface area contributed by atoms with E-state index in [1.807, 2.05) is 22.9 Å². The number of rotatable bonds is 4. The Bertz CT molecular complexity index is 882. The molecule has 1 N–H and O–H groups in total. The van der Waals surface area contributed by atoms with Gasteiger partial charge >= 0.3 is 0 Å². The average Bonchev–Trinajstić information content (AvgIpc) is 3.00. The lowest BCUT2D eigenvalue weighted by molar-refractivity contribution is 0.580. The van der Waals surface area contributed by atoms with Gasteiger partial charge in [0.25, 0.3) is 0 Å². The molecule has 0 aliphatic rings. The Labute approximate surface area is 134 Å². The molecule has 3 rings (SSSR count). The molecule has 0 unspecified atom stereocenters. The molecule has 0 aliphatic heterocycles. The molecule has 1 aromatic carbocycles. The molecular weight excluding hydrogens is 374 g/mol. The van der Waals surface area contributed by atoms with Crippen molar-refractivity contribution in [1.29, 1.82) is 0 Å². The predicted molar refractivity (Wildman–Crippen MR) is 86.0 cm³/mol. The second-order valence-electron chi connectivity index (χ2n) is 4.54. The average molecular weight is 386 g/mol. The van der Waals surface area contributed by atoms with Gasteiger partial charge in [-0.25, -0.2) is 18.1 Å². The molecule has 0 saturated carbocycles. The fourth-order valence-electron chi connectivity index (χ4n) is 1.89. The number of aryl methyl sites for hydroxylation is 1. The number of benzene rings is 1. The Balaban J connectivity index is 1.78. The van der Waals surface area contributed by atoms with E-state index in [9.17, 15) is 8.42 Å². The smallest absolute Gasteiger partial charge is 0.240 e. The molecule has 0 fully saturated rings. The molecule has 0 bridgehead atoms. The molecule has 0 radical (unpaired) electrons.